The summed E-state index contributed by atoms with van der Waals surface area (Å²) in [5, 5.41) is 12.8. The molecule has 1 aliphatic carbocycles. The van der Waals surface area contributed by atoms with Crippen molar-refractivity contribution in [3.8, 4) is 0 Å². The van der Waals surface area contributed by atoms with Crippen molar-refractivity contribution in [3.05, 3.63) is 29.3 Å². The van der Waals surface area contributed by atoms with Gasteiger partial charge in [0.2, 0.25) is 5.91 Å². The molecule has 0 aliphatic heterocycles. The molecule has 0 saturated carbocycles. The fourth-order valence-electron chi connectivity index (χ4n) is 2.07. The van der Waals surface area contributed by atoms with E-state index < -0.39 is 0 Å². The summed E-state index contributed by atoms with van der Waals surface area (Å²) < 4.78 is 0. The zero-order valence-electron chi connectivity index (χ0n) is 12.2. The predicted molar refractivity (Wildman–Crippen MR) is 93.1 cm³/mol. The maximum atomic E-state index is 11.3. The first-order chi connectivity index (χ1) is 9.70. The van der Waals surface area contributed by atoms with E-state index in [1.807, 2.05) is 31.8 Å². The molecule has 114 valence electrons. The van der Waals surface area contributed by atoms with E-state index in [2.05, 4.69) is 43.2 Å². The molecular formula is C15H23Br2NO2. The molecule has 0 bridgehead atoms. The minimum Gasteiger partial charge on any atom is -0.393 e. The first-order valence-electron chi connectivity index (χ1n) is 6.73. The van der Waals surface area contributed by atoms with Crippen molar-refractivity contribution in [2.75, 3.05) is 16.5 Å². The SMILES string of the molecule is CBr.CC.O=C(CBr)Nc1cccc2c1CC(O)CC2. The number of amides is 1. The largest absolute Gasteiger partial charge is 0.393 e. The highest BCUT2D eigenvalue weighted by atomic mass is 79.9. The number of aliphatic hydroxyl groups is 1. The molecule has 1 aliphatic rings. The number of fused-ring (bicyclic) bond motifs is 1. The summed E-state index contributed by atoms with van der Waals surface area (Å²) in [6.45, 7) is 4.00. The first-order valence-corrected chi connectivity index (χ1v) is 9.44. The molecule has 0 radical (unpaired) electrons. The molecule has 1 atom stereocenters. The van der Waals surface area contributed by atoms with E-state index >= 15 is 0 Å². The normalized spacial score (nSPS) is 15.8. The lowest BCUT2D eigenvalue weighted by molar-refractivity contribution is -0.113. The molecule has 1 unspecified atom stereocenters. The summed E-state index contributed by atoms with van der Waals surface area (Å²) in [7, 11) is 0. The van der Waals surface area contributed by atoms with Crippen LogP contribution < -0.4 is 5.32 Å². The molecule has 1 amide bonds. The first kappa shape index (κ1) is 19.6. The number of aryl methyl sites for hydroxylation is 1. The molecule has 0 spiro atoms. The molecule has 0 heterocycles. The Morgan fingerprint density at radius 1 is 1.40 bits per heavy atom. The average Bonchev–Trinajstić information content (AvgIpc) is 2.51. The summed E-state index contributed by atoms with van der Waals surface area (Å²) in [4.78, 5) is 11.3. The molecule has 2 rings (SSSR count). The lowest BCUT2D eigenvalue weighted by Crippen LogP contribution is -2.22. The maximum Gasteiger partial charge on any atom is 0.235 e. The van der Waals surface area contributed by atoms with Crippen molar-refractivity contribution in [2.24, 2.45) is 0 Å². The third-order valence-electron chi connectivity index (χ3n) is 2.86. The summed E-state index contributed by atoms with van der Waals surface area (Å²) in [6.07, 6.45) is 2.04. The zero-order valence-corrected chi connectivity index (χ0v) is 15.4. The molecule has 5 heteroatoms. The van der Waals surface area contributed by atoms with Crippen LogP contribution in [-0.2, 0) is 17.6 Å². The Hall–Kier alpha value is -0.390. The predicted octanol–water partition coefficient (Wildman–Crippen LogP) is 3.91. The van der Waals surface area contributed by atoms with E-state index in [4.69, 9.17) is 0 Å². The number of hydrogen-bond acceptors (Lipinski definition) is 2. The highest BCUT2D eigenvalue weighted by Crippen LogP contribution is 2.28. The quantitative estimate of drug-likeness (QED) is 0.728. The Labute approximate surface area is 138 Å². The van der Waals surface area contributed by atoms with Gasteiger partial charge in [0.1, 0.15) is 0 Å². The molecule has 0 saturated heterocycles. The number of rotatable bonds is 2. The number of alkyl halides is 2. The van der Waals surface area contributed by atoms with Crippen LogP contribution in [0.4, 0.5) is 5.69 Å². The van der Waals surface area contributed by atoms with Gasteiger partial charge in [-0.15, -0.1) is 0 Å². The van der Waals surface area contributed by atoms with E-state index in [1.54, 1.807) is 0 Å². The second-order valence-corrected chi connectivity index (χ2v) is 4.58. The van der Waals surface area contributed by atoms with Gasteiger partial charge in [0.05, 0.1) is 11.4 Å². The van der Waals surface area contributed by atoms with Crippen LogP contribution in [0.25, 0.3) is 0 Å². The molecule has 1 aromatic rings. The van der Waals surface area contributed by atoms with Crippen LogP contribution in [0.3, 0.4) is 0 Å². The van der Waals surface area contributed by atoms with E-state index in [0.29, 0.717) is 11.8 Å². The van der Waals surface area contributed by atoms with Crippen LogP contribution in [0.2, 0.25) is 0 Å². The number of anilines is 1. The monoisotopic (exact) mass is 407 g/mol. The standard InChI is InChI=1S/C12H14BrNO2.C2H6.CH3Br/c13-7-12(16)14-11-3-1-2-8-4-5-9(15)6-10(8)11;2*1-2/h1-3,9,15H,4-7H2,(H,14,16);1-2H3;1H3. The lowest BCUT2D eigenvalue weighted by atomic mass is 9.88. The van der Waals surface area contributed by atoms with Crippen LogP contribution >= 0.6 is 31.9 Å². The number of nitrogens with one attached hydrogen (secondary N) is 1. The fraction of sp³-hybridized carbons (Fsp3) is 0.533. The summed E-state index contributed by atoms with van der Waals surface area (Å²) in [6, 6.07) is 5.89. The molecule has 3 nitrogen and oxygen atoms in total. The smallest absolute Gasteiger partial charge is 0.235 e. The van der Waals surface area contributed by atoms with Gasteiger partial charge in [-0.2, -0.15) is 0 Å². The van der Waals surface area contributed by atoms with Crippen LogP contribution in [0.15, 0.2) is 18.2 Å². The van der Waals surface area contributed by atoms with Crippen molar-refractivity contribution in [1.29, 1.82) is 0 Å². The third kappa shape index (κ3) is 5.94. The van der Waals surface area contributed by atoms with Crippen molar-refractivity contribution in [1.82, 2.24) is 0 Å². The van der Waals surface area contributed by atoms with Crippen LogP contribution in [0, 0.1) is 0 Å². The van der Waals surface area contributed by atoms with Crippen molar-refractivity contribution in [3.63, 3.8) is 0 Å². The third-order valence-corrected chi connectivity index (χ3v) is 3.36. The lowest BCUT2D eigenvalue weighted by Gasteiger charge is -2.23. The summed E-state index contributed by atoms with van der Waals surface area (Å²) in [5.41, 5.74) is 3.15. The number of benzene rings is 1. The molecule has 2 N–H and O–H groups in total. The molecule has 20 heavy (non-hydrogen) atoms. The van der Waals surface area contributed by atoms with Gasteiger partial charge in [-0.05, 0) is 35.9 Å². The highest BCUT2D eigenvalue weighted by Gasteiger charge is 2.19. The second-order valence-electron chi connectivity index (χ2n) is 4.02. The number of aliphatic hydroxyl groups excluding tert-OH is 1. The number of carbonyl (C=O) groups is 1. The number of carbonyl (C=O) groups excluding carboxylic acids is 1. The van der Waals surface area contributed by atoms with Crippen LogP contribution in [0.5, 0.6) is 0 Å². The fourth-order valence-corrected chi connectivity index (χ4v) is 2.21. The van der Waals surface area contributed by atoms with Gasteiger partial charge in [0.25, 0.3) is 0 Å². The second kappa shape index (κ2) is 11.3. The number of hydrogen-bond donors (Lipinski definition) is 2. The van der Waals surface area contributed by atoms with Crippen molar-refractivity contribution in [2.45, 2.75) is 39.2 Å². The Morgan fingerprint density at radius 3 is 2.65 bits per heavy atom. The van der Waals surface area contributed by atoms with Gasteiger partial charge >= 0.3 is 0 Å². The van der Waals surface area contributed by atoms with Gasteiger partial charge in [0.15, 0.2) is 0 Å². The topological polar surface area (TPSA) is 49.3 Å². The molecule has 1 aromatic carbocycles. The van der Waals surface area contributed by atoms with E-state index in [0.717, 1.165) is 24.1 Å². The Morgan fingerprint density at radius 2 is 2.05 bits per heavy atom. The molecule has 0 fully saturated rings. The summed E-state index contributed by atoms with van der Waals surface area (Å²) in [5.74, 6) is 1.75. The van der Waals surface area contributed by atoms with Gasteiger partial charge < -0.3 is 10.4 Å². The highest BCUT2D eigenvalue weighted by molar-refractivity contribution is 9.09. The van der Waals surface area contributed by atoms with Gasteiger partial charge in [-0.3, -0.25) is 4.79 Å². The summed E-state index contributed by atoms with van der Waals surface area (Å²) >= 11 is 6.06. The van der Waals surface area contributed by atoms with Gasteiger partial charge in [-0.25, -0.2) is 0 Å². The molecular weight excluding hydrogens is 386 g/mol. The van der Waals surface area contributed by atoms with Gasteiger partial charge in [0, 0.05) is 12.1 Å². The van der Waals surface area contributed by atoms with Crippen molar-refractivity contribution < 1.29 is 9.90 Å². The Bertz CT molecular complexity index is 411. The van der Waals surface area contributed by atoms with Crippen molar-refractivity contribution >= 4 is 43.5 Å². The Kier molecular flexibility index (Phi) is 11.1. The maximum absolute atomic E-state index is 11.3. The molecule has 0 aromatic heterocycles. The number of halogens is 2. The minimum absolute atomic E-state index is 0.0616. The average molecular weight is 409 g/mol. The zero-order chi connectivity index (χ0) is 15.5. The van der Waals surface area contributed by atoms with E-state index in [9.17, 15) is 9.90 Å². The van der Waals surface area contributed by atoms with E-state index in [1.165, 1.54) is 5.56 Å². The minimum atomic E-state index is -0.283. The van der Waals surface area contributed by atoms with E-state index in [-0.39, 0.29) is 12.0 Å². The van der Waals surface area contributed by atoms with Gasteiger partial charge in [-0.1, -0.05) is 57.8 Å². The Balaban J connectivity index is 0.000000829. The van der Waals surface area contributed by atoms with Crippen LogP contribution in [0.1, 0.15) is 31.4 Å². The van der Waals surface area contributed by atoms with Crippen LogP contribution in [-0.4, -0.2) is 28.3 Å².